The fourth-order valence-corrected chi connectivity index (χ4v) is 2.71. The zero-order valence-corrected chi connectivity index (χ0v) is 16.3. The first-order valence-corrected chi connectivity index (χ1v) is 9.14. The highest BCUT2D eigenvalue weighted by atomic mass is 19.4. The highest BCUT2D eigenvalue weighted by molar-refractivity contribution is 6.11. The van der Waals surface area contributed by atoms with E-state index in [2.05, 4.69) is 25.9 Å². The number of alkyl halides is 3. The number of benzene rings is 2. The first-order valence-electron chi connectivity index (χ1n) is 9.14. The van der Waals surface area contributed by atoms with Crippen molar-refractivity contribution >= 4 is 35.1 Å². The van der Waals surface area contributed by atoms with Gasteiger partial charge in [-0.2, -0.15) is 18.2 Å². The van der Waals surface area contributed by atoms with Gasteiger partial charge in [-0.3, -0.25) is 14.9 Å². The standard InChI is InChI=1S/C20H19F3N6O2/c1-11-5-7-13(8-6-11)26-18(24)29-19-27-15(17(31)28-19)10-16(30)25-14-4-2-3-12(9-14)20(21,22)23/h2-9,15H,10H2,1H3,(H,25,30)(H4,24,26,27,28,29,31)/t15-/m1/s1. The molecule has 0 unspecified atom stereocenters. The lowest BCUT2D eigenvalue weighted by Crippen LogP contribution is -2.32. The van der Waals surface area contributed by atoms with Crippen molar-refractivity contribution in [2.24, 2.45) is 15.7 Å². The van der Waals surface area contributed by atoms with Crippen LogP contribution >= 0.6 is 0 Å². The first-order chi connectivity index (χ1) is 14.6. The Hall–Kier alpha value is -3.89. The van der Waals surface area contributed by atoms with E-state index in [-0.39, 0.29) is 24.0 Å². The number of aliphatic imine (C=N–C) groups is 2. The Morgan fingerprint density at radius 2 is 1.87 bits per heavy atom. The van der Waals surface area contributed by atoms with Gasteiger partial charge in [0.1, 0.15) is 6.04 Å². The van der Waals surface area contributed by atoms with Gasteiger partial charge in [0.2, 0.25) is 17.8 Å². The lowest BCUT2D eigenvalue weighted by atomic mass is 10.1. The van der Waals surface area contributed by atoms with Crippen LogP contribution in [0.2, 0.25) is 0 Å². The molecule has 0 radical (unpaired) electrons. The van der Waals surface area contributed by atoms with Gasteiger partial charge in [-0.25, -0.2) is 4.99 Å². The maximum absolute atomic E-state index is 12.8. The molecule has 31 heavy (non-hydrogen) atoms. The van der Waals surface area contributed by atoms with Crippen LogP contribution < -0.4 is 21.7 Å². The van der Waals surface area contributed by atoms with Crippen LogP contribution in [0.1, 0.15) is 17.5 Å². The first kappa shape index (κ1) is 21.8. The van der Waals surface area contributed by atoms with Crippen molar-refractivity contribution < 1.29 is 22.8 Å². The van der Waals surface area contributed by atoms with Gasteiger partial charge in [0.05, 0.1) is 12.0 Å². The van der Waals surface area contributed by atoms with E-state index in [1.807, 2.05) is 19.1 Å². The fraction of sp³-hybridized carbons (Fsp3) is 0.200. The molecule has 1 aliphatic rings. The van der Waals surface area contributed by atoms with Gasteiger partial charge in [0, 0.05) is 11.4 Å². The molecule has 11 heteroatoms. The minimum atomic E-state index is -4.53. The number of aryl methyl sites for hydroxylation is 1. The van der Waals surface area contributed by atoms with Gasteiger partial charge in [-0.05, 0) is 37.3 Å². The van der Waals surface area contributed by atoms with Crippen molar-refractivity contribution in [3.8, 4) is 0 Å². The molecule has 8 nitrogen and oxygen atoms in total. The number of hydrogen-bond donors (Lipinski definition) is 4. The SMILES string of the molecule is Cc1ccc(NC(N)=NC2=N[C@H](CC(=O)Nc3cccc(C(F)(F)F)c3)C(=O)N2)cc1. The third kappa shape index (κ3) is 6.04. The van der Waals surface area contributed by atoms with Crippen molar-refractivity contribution in [2.75, 3.05) is 10.6 Å². The van der Waals surface area contributed by atoms with Crippen LogP contribution in [0.4, 0.5) is 24.5 Å². The van der Waals surface area contributed by atoms with Crippen LogP contribution in [0.15, 0.2) is 58.5 Å². The number of nitrogens with one attached hydrogen (secondary N) is 3. The predicted octanol–water partition coefficient (Wildman–Crippen LogP) is 2.62. The van der Waals surface area contributed by atoms with E-state index in [1.54, 1.807) is 12.1 Å². The second-order valence-corrected chi connectivity index (χ2v) is 6.78. The molecule has 0 aliphatic carbocycles. The number of carbonyl (C=O) groups is 2. The Labute approximate surface area is 175 Å². The summed E-state index contributed by atoms with van der Waals surface area (Å²) in [5, 5.41) is 7.58. The van der Waals surface area contributed by atoms with Gasteiger partial charge in [-0.15, -0.1) is 0 Å². The molecule has 3 rings (SSSR count). The number of rotatable bonds is 4. The summed E-state index contributed by atoms with van der Waals surface area (Å²) in [6.07, 6.45) is -4.90. The molecule has 1 aliphatic heterocycles. The Bertz CT molecular complexity index is 1050. The van der Waals surface area contributed by atoms with Crippen molar-refractivity contribution in [1.29, 1.82) is 0 Å². The molecule has 2 aromatic carbocycles. The van der Waals surface area contributed by atoms with Crippen LogP contribution in [0.25, 0.3) is 0 Å². The van der Waals surface area contributed by atoms with Gasteiger partial charge < -0.3 is 16.4 Å². The quantitative estimate of drug-likeness (QED) is 0.438. The van der Waals surface area contributed by atoms with Crippen molar-refractivity contribution in [3.63, 3.8) is 0 Å². The minimum absolute atomic E-state index is 0.0167. The van der Waals surface area contributed by atoms with Crippen molar-refractivity contribution in [3.05, 3.63) is 59.7 Å². The third-order valence-corrected chi connectivity index (χ3v) is 4.22. The van der Waals surface area contributed by atoms with Crippen molar-refractivity contribution in [2.45, 2.75) is 25.6 Å². The molecule has 162 valence electrons. The lowest BCUT2D eigenvalue weighted by Gasteiger charge is -2.10. The summed E-state index contributed by atoms with van der Waals surface area (Å²) in [5.74, 6) is -1.32. The predicted molar refractivity (Wildman–Crippen MR) is 110 cm³/mol. The van der Waals surface area contributed by atoms with Crippen LogP contribution in [-0.2, 0) is 15.8 Å². The zero-order chi connectivity index (χ0) is 22.6. The molecule has 2 aromatic rings. The largest absolute Gasteiger partial charge is 0.416 e. The van der Waals surface area contributed by atoms with Crippen LogP contribution in [0.3, 0.4) is 0 Å². The maximum atomic E-state index is 12.8. The maximum Gasteiger partial charge on any atom is 0.416 e. The van der Waals surface area contributed by atoms with E-state index < -0.39 is 29.6 Å². The normalized spacial score (nSPS) is 16.5. The van der Waals surface area contributed by atoms with E-state index in [9.17, 15) is 22.8 Å². The molecule has 0 bridgehead atoms. The Morgan fingerprint density at radius 1 is 1.16 bits per heavy atom. The number of guanidine groups is 2. The summed E-state index contributed by atoms with van der Waals surface area (Å²) >= 11 is 0. The average molecular weight is 432 g/mol. The summed E-state index contributed by atoms with van der Waals surface area (Å²) in [5.41, 5.74) is 6.63. The van der Waals surface area contributed by atoms with Crippen LogP contribution in [0, 0.1) is 6.92 Å². The average Bonchev–Trinajstić information content (AvgIpc) is 3.01. The van der Waals surface area contributed by atoms with Gasteiger partial charge >= 0.3 is 6.18 Å². The van der Waals surface area contributed by atoms with E-state index in [0.717, 1.165) is 17.7 Å². The molecule has 0 fully saturated rings. The summed E-state index contributed by atoms with van der Waals surface area (Å²) in [4.78, 5) is 32.2. The molecule has 0 saturated carbocycles. The Kier molecular flexibility index (Phi) is 6.23. The molecule has 5 N–H and O–H groups in total. The van der Waals surface area contributed by atoms with E-state index >= 15 is 0 Å². The molecule has 0 saturated heterocycles. The minimum Gasteiger partial charge on any atom is -0.369 e. The van der Waals surface area contributed by atoms with E-state index in [1.165, 1.54) is 12.1 Å². The molecular weight excluding hydrogens is 413 g/mol. The lowest BCUT2D eigenvalue weighted by molar-refractivity contribution is -0.137. The number of carbonyl (C=O) groups excluding carboxylic acids is 2. The number of amides is 2. The summed E-state index contributed by atoms with van der Waals surface area (Å²) in [6, 6.07) is 10.5. The van der Waals surface area contributed by atoms with E-state index in [4.69, 9.17) is 5.73 Å². The molecule has 2 amide bonds. The van der Waals surface area contributed by atoms with Gasteiger partial charge in [0.25, 0.3) is 5.91 Å². The molecule has 0 aromatic heterocycles. The Morgan fingerprint density at radius 3 is 2.55 bits per heavy atom. The number of halogens is 3. The number of nitrogens with zero attached hydrogens (tertiary/aromatic N) is 2. The summed E-state index contributed by atoms with van der Waals surface area (Å²) in [6.45, 7) is 1.94. The van der Waals surface area contributed by atoms with Gasteiger partial charge in [0.15, 0.2) is 0 Å². The van der Waals surface area contributed by atoms with Crippen LogP contribution in [-0.4, -0.2) is 29.8 Å². The molecule has 0 spiro atoms. The van der Waals surface area contributed by atoms with Gasteiger partial charge in [-0.1, -0.05) is 23.8 Å². The third-order valence-electron chi connectivity index (χ3n) is 4.22. The summed E-state index contributed by atoms with van der Waals surface area (Å²) in [7, 11) is 0. The number of nitrogens with two attached hydrogens (primary N) is 1. The monoisotopic (exact) mass is 432 g/mol. The number of anilines is 2. The second kappa shape index (κ2) is 8.86. The Balaban J connectivity index is 1.61. The topological polar surface area (TPSA) is 121 Å². The molecule has 1 heterocycles. The highest BCUT2D eigenvalue weighted by Crippen LogP contribution is 2.30. The number of hydrogen-bond acceptors (Lipinski definition) is 4. The van der Waals surface area contributed by atoms with Crippen molar-refractivity contribution in [1.82, 2.24) is 5.32 Å². The molecular formula is C20H19F3N6O2. The zero-order valence-electron chi connectivity index (χ0n) is 16.3. The second-order valence-electron chi connectivity index (χ2n) is 6.78. The smallest absolute Gasteiger partial charge is 0.369 e. The summed E-state index contributed by atoms with van der Waals surface area (Å²) < 4.78 is 38.3. The van der Waals surface area contributed by atoms with E-state index in [0.29, 0.717) is 5.69 Å². The molecule has 1 atom stereocenters. The fourth-order valence-electron chi connectivity index (χ4n) is 2.71. The van der Waals surface area contributed by atoms with Crippen LogP contribution in [0.5, 0.6) is 0 Å². The highest BCUT2D eigenvalue weighted by Gasteiger charge is 2.31.